The Kier molecular flexibility index (Phi) is 1.09. The van der Waals surface area contributed by atoms with E-state index in [0.717, 1.165) is 11.8 Å². The summed E-state index contributed by atoms with van der Waals surface area (Å²) in [5.74, 6) is 2.08. The Labute approximate surface area is 58.0 Å². The zero-order valence-corrected chi connectivity index (χ0v) is 6.60. The molecule has 0 saturated heterocycles. The maximum atomic E-state index is 3.19. The van der Waals surface area contributed by atoms with Gasteiger partial charge in [0.05, 0.1) is 0 Å². The molecule has 2 atom stereocenters. The van der Waals surface area contributed by atoms with Crippen molar-refractivity contribution < 1.29 is 0 Å². The molecule has 2 bridgehead atoms. The van der Waals surface area contributed by atoms with Crippen LogP contribution in [0.25, 0.3) is 0 Å². The number of hydrogen-bond acceptors (Lipinski definition) is 0. The molecule has 2 rings (SSSR count). The van der Waals surface area contributed by atoms with Gasteiger partial charge in [-0.25, -0.2) is 0 Å². The summed E-state index contributed by atoms with van der Waals surface area (Å²) < 4.78 is 1.67. The first-order valence-corrected chi connectivity index (χ1v) is 4.24. The van der Waals surface area contributed by atoms with Crippen LogP contribution in [0.15, 0.2) is 0 Å². The Bertz CT molecular complexity index is 128. The van der Waals surface area contributed by atoms with Crippen molar-refractivity contribution >= 4 is 20.0 Å². The van der Waals surface area contributed by atoms with E-state index in [1.54, 1.807) is 4.42 Å². The summed E-state index contributed by atoms with van der Waals surface area (Å²) in [5, 5.41) is 0. The maximum absolute atomic E-state index is 3.19. The van der Waals surface area contributed by atoms with E-state index in [0.29, 0.717) is 0 Å². The van der Waals surface area contributed by atoms with Crippen molar-refractivity contribution in [3.63, 3.8) is 0 Å². The van der Waals surface area contributed by atoms with Gasteiger partial charge in [-0.05, 0) is 0 Å². The predicted molar refractivity (Wildman–Crippen MR) is 36.2 cm³/mol. The van der Waals surface area contributed by atoms with Crippen LogP contribution in [0.4, 0.5) is 0 Å². The summed E-state index contributed by atoms with van der Waals surface area (Å²) in [6.45, 7) is 0. The first kappa shape index (κ1) is 5.20. The molecule has 0 nitrogen and oxygen atoms in total. The molecule has 1 heteroatoms. The molecule has 2 aliphatic rings. The van der Waals surface area contributed by atoms with Gasteiger partial charge in [0.25, 0.3) is 0 Å². The van der Waals surface area contributed by atoms with E-state index >= 15 is 0 Å². The monoisotopic (exact) mass is 174 g/mol. The van der Waals surface area contributed by atoms with Crippen molar-refractivity contribution in [3.05, 3.63) is 0 Å². The third kappa shape index (κ3) is 0.614. The minimum atomic E-state index is 1.000. The van der Waals surface area contributed by atoms with E-state index in [-0.39, 0.29) is 0 Å². The normalized spacial score (nSPS) is 43.8. The fraction of sp³-hybridized carbons (Fsp3) is 0.857. The zero-order chi connectivity index (χ0) is 5.56. The van der Waals surface area contributed by atoms with Crippen LogP contribution in [0.2, 0.25) is 0 Å². The zero-order valence-electron chi connectivity index (χ0n) is 4.89. The van der Waals surface area contributed by atoms with Gasteiger partial charge in [0.15, 0.2) is 0 Å². The topological polar surface area (TPSA) is 0 Å². The molecule has 0 N–H and O–H groups in total. The molecule has 0 heterocycles. The van der Waals surface area contributed by atoms with Crippen LogP contribution in [0, 0.1) is 11.8 Å². The van der Waals surface area contributed by atoms with Crippen molar-refractivity contribution in [2.24, 2.45) is 11.8 Å². The molecule has 2 fully saturated rings. The predicted octanol–water partition coefficient (Wildman–Crippen LogP) is 1.15. The Hall–Kier alpha value is 0.389. The molecule has 2 unspecified atom stereocenters. The van der Waals surface area contributed by atoms with E-state index in [9.17, 15) is 0 Å². The average molecular weight is 173 g/mol. The Morgan fingerprint density at radius 1 is 1.38 bits per heavy atom. The molecule has 0 amide bonds. The molecule has 0 aliphatic heterocycles. The van der Waals surface area contributed by atoms with E-state index in [2.05, 4.69) is 15.6 Å². The molecule has 0 aromatic carbocycles. The second-order valence-electron chi connectivity index (χ2n) is 3.05. The van der Waals surface area contributed by atoms with Gasteiger partial charge < -0.3 is 0 Å². The van der Waals surface area contributed by atoms with E-state index in [1.165, 1.54) is 25.7 Å². The van der Waals surface area contributed by atoms with E-state index in [1.807, 2.05) is 0 Å². The molecule has 8 heavy (non-hydrogen) atoms. The Morgan fingerprint density at radius 3 is 2.50 bits per heavy atom. The summed E-state index contributed by atoms with van der Waals surface area (Å²) in [6, 6.07) is 0. The number of rotatable bonds is 0. The standard InChI is InChI=1S/C7H10Se/c8-7-4-5-1-2-6(7)3-5/h5-6H,1-4H2. The van der Waals surface area contributed by atoms with Gasteiger partial charge in [-0.15, -0.1) is 0 Å². The van der Waals surface area contributed by atoms with Crippen LogP contribution in [0.1, 0.15) is 25.7 Å². The third-order valence-corrected chi connectivity index (χ3v) is 3.54. The first-order valence-electron chi connectivity index (χ1n) is 3.39. The second kappa shape index (κ2) is 1.68. The van der Waals surface area contributed by atoms with Gasteiger partial charge in [-0.2, -0.15) is 0 Å². The molecule has 2 saturated carbocycles. The molecule has 0 radical (unpaired) electrons. The quantitative estimate of drug-likeness (QED) is 0.482. The summed E-state index contributed by atoms with van der Waals surface area (Å²) in [6.07, 6.45) is 5.90. The summed E-state index contributed by atoms with van der Waals surface area (Å²) in [5.41, 5.74) is 0. The first-order chi connectivity index (χ1) is 3.86. The van der Waals surface area contributed by atoms with Crippen molar-refractivity contribution in [3.8, 4) is 0 Å². The molecule has 44 valence electrons. The van der Waals surface area contributed by atoms with Gasteiger partial charge in [-0.3, -0.25) is 0 Å². The van der Waals surface area contributed by atoms with Crippen molar-refractivity contribution in [1.82, 2.24) is 0 Å². The molecule has 2 aliphatic carbocycles. The van der Waals surface area contributed by atoms with Crippen LogP contribution >= 0.6 is 0 Å². The summed E-state index contributed by atoms with van der Waals surface area (Å²) in [7, 11) is 0. The van der Waals surface area contributed by atoms with Gasteiger partial charge in [0, 0.05) is 0 Å². The van der Waals surface area contributed by atoms with E-state index in [4.69, 9.17) is 0 Å². The molecule has 0 aromatic heterocycles. The van der Waals surface area contributed by atoms with E-state index < -0.39 is 0 Å². The Morgan fingerprint density at radius 2 is 2.25 bits per heavy atom. The SMILES string of the molecule is [Se]=C1CC2CCC1C2. The van der Waals surface area contributed by atoms with Gasteiger partial charge in [0.1, 0.15) is 0 Å². The summed E-state index contributed by atoms with van der Waals surface area (Å²) in [4.78, 5) is 0. The van der Waals surface area contributed by atoms with Crippen molar-refractivity contribution in [1.29, 1.82) is 0 Å². The molecule has 0 aromatic rings. The van der Waals surface area contributed by atoms with Crippen LogP contribution in [0.3, 0.4) is 0 Å². The number of fused-ring (bicyclic) bond motifs is 2. The fourth-order valence-electron chi connectivity index (χ4n) is 2.00. The molecular weight excluding hydrogens is 163 g/mol. The molecular formula is C7H10Se. The second-order valence-corrected chi connectivity index (χ2v) is 4.15. The molecule has 0 spiro atoms. The number of hydrogen-bond donors (Lipinski definition) is 0. The van der Waals surface area contributed by atoms with Crippen LogP contribution in [-0.4, -0.2) is 20.0 Å². The van der Waals surface area contributed by atoms with Gasteiger partial charge >= 0.3 is 57.5 Å². The third-order valence-electron chi connectivity index (χ3n) is 2.49. The minimum absolute atomic E-state index is 1.000. The van der Waals surface area contributed by atoms with Crippen LogP contribution in [0.5, 0.6) is 0 Å². The van der Waals surface area contributed by atoms with Gasteiger partial charge in [-0.1, -0.05) is 0 Å². The Balaban J connectivity index is 2.22. The van der Waals surface area contributed by atoms with Crippen LogP contribution < -0.4 is 0 Å². The van der Waals surface area contributed by atoms with Crippen molar-refractivity contribution in [2.75, 3.05) is 0 Å². The van der Waals surface area contributed by atoms with Crippen molar-refractivity contribution in [2.45, 2.75) is 25.7 Å². The van der Waals surface area contributed by atoms with Crippen LogP contribution in [-0.2, 0) is 0 Å². The summed E-state index contributed by atoms with van der Waals surface area (Å²) >= 11 is 3.19. The average Bonchev–Trinajstić information content (AvgIpc) is 2.23. The van der Waals surface area contributed by atoms with Gasteiger partial charge in [0.2, 0.25) is 0 Å². The fourth-order valence-corrected chi connectivity index (χ4v) is 2.95.